The molecule has 3 rings (SSSR count). The Morgan fingerprint density at radius 3 is 2.50 bits per heavy atom. The van der Waals surface area contributed by atoms with Gasteiger partial charge in [0.05, 0.1) is 11.8 Å². The molecule has 0 spiro atoms. The van der Waals surface area contributed by atoms with Gasteiger partial charge in [-0.2, -0.15) is 0 Å². The summed E-state index contributed by atoms with van der Waals surface area (Å²) in [5.74, 6) is 0.641. The first-order valence-corrected chi connectivity index (χ1v) is 11.7. The third-order valence-corrected chi connectivity index (χ3v) is 6.16. The predicted octanol–water partition coefficient (Wildman–Crippen LogP) is 4.39. The van der Waals surface area contributed by atoms with Crippen molar-refractivity contribution in [2.24, 2.45) is 0 Å². The van der Waals surface area contributed by atoms with Gasteiger partial charge in [-0.05, 0) is 50.5 Å². The monoisotopic (exact) mass is 451 g/mol. The molecule has 0 saturated carbocycles. The lowest BCUT2D eigenvalue weighted by molar-refractivity contribution is -0.113. The molecule has 0 fully saturated rings. The first-order chi connectivity index (χ1) is 15.4. The molecule has 0 bridgehead atoms. The standard InChI is InChI=1S/C24H29N5O2S/c1-5-18-12-8-10-14-20(18)26-21(30)15-32-24-28-27-22(29(24)6-2)17(4)25-23(31)19-13-9-7-11-16(19)3/h7-14,17H,5-6,15H2,1-4H3,(H,25,31)(H,26,30)/t17-/m0/s1. The van der Waals surface area contributed by atoms with Crippen molar-refractivity contribution in [3.8, 4) is 0 Å². The molecule has 0 aliphatic carbocycles. The fourth-order valence-electron chi connectivity index (χ4n) is 3.46. The van der Waals surface area contributed by atoms with Crippen LogP contribution in [0.5, 0.6) is 0 Å². The Morgan fingerprint density at radius 2 is 1.78 bits per heavy atom. The van der Waals surface area contributed by atoms with E-state index in [0.29, 0.717) is 23.1 Å². The molecule has 7 nitrogen and oxygen atoms in total. The number of aryl methyl sites for hydroxylation is 2. The molecule has 0 aliphatic heterocycles. The lowest BCUT2D eigenvalue weighted by atomic mass is 10.1. The molecule has 0 aliphatic rings. The van der Waals surface area contributed by atoms with E-state index in [1.165, 1.54) is 11.8 Å². The van der Waals surface area contributed by atoms with Crippen LogP contribution in [0.1, 0.15) is 54.1 Å². The number of hydrogen-bond acceptors (Lipinski definition) is 5. The second-order valence-electron chi connectivity index (χ2n) is 7.44. The van der Waals surface area contributed by atoms with Crippen LogP contribution >= 0.6 is 11.8 Å². The molecule has 32 heavy (non-hydrogen) atoms. The number of carbonyl (C=O) groups excluding carboxylic acids is 2. The third-order valence-electron chi connectivity index (χ3n) is 5.19. The van der Waals surface area contributed by atoms with Crippen LogP contribution in [0.25, 0.3) is 0 Å². The van der Waals surface area contributed by atoms with E-state index in [4.69, 9.17) is 0 Å². The van der Waals surface area contributed by atoms with Gasteiger partial charge in [-0.3, -0.25) is 9.59 Å². The molecular weight excluding hydrogens is 422 g/mol. The minimum absolute atomic E-state index is 0.0935. The van der Waals surface area contributed by atoms with Gasteiger partial charge in [0.25, 0.3) is 5.91 Å². The summed E-state index contributed by atoms with van der Waals surface area (Å²) in [6, 6.07) is 14.9. The van der Waals surface area contributed by atoms with E-state index in [0.717, 1.165) is 23.2 Å². The Balaban J connectivity index is 1.64. The number of rotatable bonds is 9. The minimum atomic E-state index is -0.325. The zero-order chi connectivity index (χ0) is 23.1. The van der Waals surface area contributed by atoms with Gasteiger partial charge in [-0.15, -0.1) is 10.2 Å². The summed E-state index contributed by atoms with van der Waals surface area (Å²) in [4.78, 5) is 25.2. The van der Waals surface area contributed by atoms with E-state index >= 15 is 0 Å². The SMILES string of the molecule is CCc1ccccc1NC(=O)CSc1nnc([C@H](C)NC(=O)c2ccccc2C)n1CC. The highest BCUT2D eigenvalue weighted by molar-refractivity contribution is 7.99. The molecule has 8 heteroatoms. The van der Waals surface area contributed by atoms with Crippen molar-refractivity contribution in [3.63, 3.8) is 0 Å². The average molecular weight is 452 g/mol. The molecule has 0 unspecified atom stereocenters. The maximum Gasteiger partial charge on any atom is 0.252 e. The van der Waals surface area contributed by atoms with Gasteiger partial charge >= 0.3 is 0 Å². The number of anilines is 1. The van der Waals surface area contributed by atoms with Crippen LogP contribution in [0.4, 0.5) is 5.69 Å². The summed E-state index contributed by atoms with van der Waals surface area (Å²) < 4.78 is 1.93. The van der Waals surface area contributed by atoms with Crippen molar-refractivity contribution in [2.75, 3.05) is 11.1 Å². The third kappa shape index (κ3) is 5.56. The van der Waals surface area contributed by atoms with Crippen molar-refractivity contribution in [3.05, 3.63) is 71.0 Å². The van der Waals surface area contributed by atoms with Crippen LogP contribution in [0.15, 0.2) is 53.7 Å². The molecule has 1 aromatic heterocycles. The van der Waals surface area contributed by atoms with E-state index in [1.807, 2.05) is 67.8 Å². The largest absolute Gasteiger partial charge is 0.342 e. The number of carbonyl (C=O) groups is 2. The Labute approximate surface area is 193 Å². The number of para-hydroxylation sites is 1. The molecule has 1 heterocycles. The summed E-state index contributed by atoms with van der Waals surface area (Å²) in [6.07, 6.45) is 0.850. The second-order valence-corrected chi connectivity index (χ2v) is 8.39. The number of nitrogens with zero attached hydrogens (tertiary/aromatic N) is 3. The van der Waals surface area contributed by atoms with Gasteiger partial charge in [0.1, 0.15) is 0 Å². The van der Waals surface area contributed by atoms with E-state index in [9.17, 15) is 9.59 Å². The van der Waals surface area contributed by atoms with Crippen LogP contribution in [-0.4, -0.2) is 32.3 Å². The molecular formula is C24H29N5O2S. The summed E-state index contributed by atoms with van der Waals surface area (Å²) in [5.41, 5.74) is 3.50. The summed E-state index contributed by atoms with van der Waals surface area (Å²) in [5, 5.41) is 15.2. The number of nitrogens with one attached hydrogen (secondary N) is 2. The molecule has 168 valence electrons. The second kappa shape index (κ2) is 10.9. The minimum Gasteiger partial charge on any atom is -0.342 e. The van der Waals surface area contributed by atoms with Gasteiger partial charge in [-0.1, -0.05) is 55.1 Å². The maximum absolute atomic E-state index is 12.7. The fraction of sp³-hybridized carbons (Fsp3) is 0.333. The van der Waals surface area contributed by atoms with Crippen molar-refractivity contribution >= 4 is 29.3 Å². The highest BCUT2D eigenvalue weighted by Crippen LogP contribution is 2.22. The van der Waals surface area contributed by atoms with Crippen molar-refractivity contribution < 1.29 is 9.59 Å². The van der Waals surface area contributed by atoms with Crippen LogP contribution in [0.2, 0.25) is 0 Å². The first-order valence-electron chi connectivity index (χ1n) is 10.7. The van der Waals surface area contributed by atoms with Crippen LogP contribution in [0.3, 0.4) is 0 Å². The number of hydrogen-bond donors (Lipinski definition) is 2. The smallest absolute Gasteiger partial charge is 0.252 e. The molecule has 3 aromatic rings. The van der Waals surface area contributed by atoms with E-state index < -0.39 is 0 Å². The Bertz CT molecular complexity index is 1100. The van der Waals surface area contributed by atoms with Crippen molar-refractivity contribution in [1.82, 2.24) is 20.1 Å². The first kappa shape index (κ1) is 23.5. The van der Waals surface area contributed by atoms with Crippen LogP contribution < -0.4 is 10.6 Å². The summed E-state index contributed by atoms with van der Waals surface area (Å²) in [6.45, 7) is 8.48. The number of thioether (sulfide) groups is 1. The molecule has 1 atom stereocenters. The lowest BCUT2D eigenvalue weighted by Crippen LogP contribution is -2.29. The maximum atomic E-state index is 12.7. The van der Waals surface area contributed by atoms with E-state index in [2.05, 4.69) is 27.8 Å². The van der Waals surface area contributed by atoms with Crippen LogP contribution in [0, 0.1) is 6.92 Å². The lowest BCUT2D eigenvalue weighted by Gasteiger charge is -2.16. The molecule has 2 aromatic carbocycles. The normalized spacial score (nSPS) is 11.8. The Morgan fingerprint density at radius 1 is 1.06 bits per heavy atom. The molecule has 2 amide bonds. The average Bonchev–Trinajstić information content (AvgIpc) is 3.21. The Hall–Kier alpha value is -3.13. The zero-order valence-electron chi connectivity index (χ0n) is 18.9. The van der Waals surface area contributed by atoms with Gasteiger partial charge in [-0.25, -0.2) is 0 Å². The fourth-order valence-corrected chi connectivity index (χ4v) is 4.27. The highest BCUT2D eigenvalue weighted by Gasteiger charge is 2.20. The van der Waals surface area contributed by atoms with Crippen LogP contribution in [-0.2, 0) is 17.8 Å². The van der Waals surface area contributed by atoms with E-state index in [-0.39, 0.29) is 23.6 Å². The summed E-state index contributed by atoms with van der Waals surface area (Å²) in [7, 11) is 0. The zero-order valence-corrected chi connectivity index (χ0v) is 19.7. The number of amides is 2. The van der Waals surface area contributed by atoms with Gasteiger partial charge in [0, 0.05) is 17.8 Å². The molecule has 0 radical (unpaired) electrons. The van der Waals surface area contributed by atoms with Crippen molar-refractivity contribution in [2.45, 2.75) is 51.9 Å². The van der Waals surface area contributed by atoms with Gasteiger partial charge in [0.15, 0.2) is 11.0 Å². The van der Waals surface area contributed by atoms with Gasteiger partial charge in [0.2, 0.25) is 5.91 Å². The molecule has 0 saturated heterocycles. The van der Waals surface area contributed by atoms with Gasteiger partial charge < -0.3 is 15.2 Å². The summed E-state index contributed by atoms with van der Waals surface area (Å²) >= 11 is 1.33. The number of benzene rings is 2. The topological polar surface area (TPSA) is 88.9 Å². The highest BCUT2D eigenvalue weighted by atomic mass is 32.2. The van der Waals surface area contributed by atoms with E-state index in [1.54, 1.807) is 6.07 Å². The Kier molecular flexibility index (Phi) is 8.05. The number of aromatic nitrogens is 3. The molecule has 2 N–H and O–H groups in total. The quantitative estimate of drug-likeness (QED) is 0.471. The predicted molar refractivity (Wildman–Crippen MR) is 128 cm³/mol. The van der Waals surface area contributed by atoms with Crippen molar-refractivity contribution in [1.29, 1.82) is 0 Å².